The average Bonchev–Trinajstić information content (AvgIpc) is 2.92. The van der Waals surface area contributed by atoms with Gasteiger partial charge in [0.15, 0.2) is 0 Å². The summed E-state index contributed by atoms with van der Waals surface area (Å²) in [4.78, 5) is 5.03. The molecule has 2 fully saturated rings. The van der Waals surface area contributed by atoms with Gasteiger partial charge >= 0.3 is 0 Å². The number of nitrogens with one attached hydrogen (secondary N) is 1. The van der Waals surface area contributed by atoms with Gasteiger partial charge in [0.25, 0.3) is 0 Å². The summed E-state index contributed by atoms with van der Waals surface area (Å²) in [6, 6.07) is 17.1. The molecule has 0 bridgehead atoms. The maximum atomic E-state index is 12.2. The summed E-state index contributed by atoms with van der Waals surface area (Å²) in [5.41, 5.74) is 3.56. The molecule has 2 aromatic rings. The minimum Gasteiger partial charge on any atom is -0.495 e. The molecule has 0 unspecified atom stereocenters. The number of nitrogens with zero attached hydrogens (tertiary/aromatic N) is 2. The Morgan fingerprint density at radius 1 is 0.944 bits per heavy atom. The van der Waals surface area contributed by atoms with Crippen molar-refractivity contribution in [2.45, 2.75) is 57.9 Å². The predicted octanol–water partition coefficient (Wildman–Crippen LogP) is 5.15. The quantitative estimate of drug-likeness (QED) is 0.450. The highest BCUT2D eigenvalue weighted by molar-refractivity contribution is 7.89. The second-order valence-electron chi connectivity index (χ2n) is 10.4. The second-order valence-corrected chi connectivity index (χ2v) is 12.3. The Balaban J connectivity index is 1.20. The smallest absolute Gasteiger partial charge is 0.211 e. The fourth-order valence-corrected chi connectivity index (χ4v) is 7.07. The topological polar surface area (TPSA) is 61.9 Å². The number of anilines is 1. The van der Waals surface area contributed by atoms with E-state index in [1.807, 2.05) is 13.0 Å². The highest BCUT2D eigenvalue weighted by Crippen LogP contribution is 2.34. The van der Waals surface area contributed by atoms with Crippen molar-refractivity contribution in [3.05, 3.63) is 48.5 Å². The first-order chi connectivity index (χ1) is 17.5. The van der Waals surface area contributed by atoms with E-state index in [0.717, 1.165) is 77.0 Å². The van der Waals surface area contributed by atoms with Gasteiger partial charge in [-0.15, -0.1) is 0 Å². The molecule has 6 nitrogen and oxygen atoms in total. The third kappa shape index (κ3) is 7.46. The lowest BCUT2D eigenvalue weighted by Crippen LogP contribution is -2.47. The van der Waals surface area contributed by atoms with Crippen LogP contribution in [-0.4, -0.2) is 64.9 Å². The van der Waals surface area contributed by atoms with Crippen LogP contribution < -0.4 is 14.4 Å². The van der Waals surface area contributed by atoms with Gasteiger partial charge in [0, 0.05) is 32.2 Å². The Kier molecular flexibility index (Phi) is 9.68. The molecular weight excluding hydrogens is 470 g/mol. The van der Waals surface area contributed by atoms with E-state index in [4.69, 9.17) is 4.74 Å². The Morgan fingerprint density at radius 2 is 1.67 bits per heavy atom. The van der Waals surface area contributed by atoms with Crippen LogP contribution in [0.1, 0.15) is 51.9 Å². The van der Waals surface area contributed by atoms with Gasteiger partial charge in [0.2, 0.25) is 10.0 Å². The average molecular weight is 514 g/mol. The predicted molar refractivity (Wildman–Crippen MR) is 149 cm³/mol. The number of hydrogen-bond acceptors (Lipinski definition) is 5. The highest BCUT2D eigenvalue weighted by atomic mass is 32.2. The molecule has 0 amide bonds. The van der Waals surface area contributed by atoms with Crippen LogP contribution in [0.4, 0.5) is 5.69 Å². The Labute approximate surface area is 218 Å². The van der Waals surface area contributed by atoms with Crippen molar-refractivity contribution in [2.24, 2.45) is 5.92 Å². The van der Waals surface area contributed by atoms with Gasteiger partial charge in [0.1, 0.15) is 5.75 Å². The van der Waals surface area contributed by atoms with Gasteiger partial charge in [-0.3, -0.25) is 4.90 Å². The first-order valence-corrected chi connectivity index (χ1v) is 15.3. The zero-order chi connectivity index (χ0) is 25.4. The van der Waals surface area contributed by atoms with E-state index in [-0.39, 0.29) is 11.8 Å². The molecule has 0 atom stereocenters. The molecule has 2 aromatic carbocycles. The molecule has 1 heterocycles. The Morgan fingerprint density at radius 3 is 2.33 bits per heavy atom. The normalized spacial score (nSPS) is 21.4. The van der Waals surface area contributed by atoms with E-state index < -0.39 is 10.0 Å². The number of hydrogen-bond donors (Lipinski definition) is 1. The standard InChI is InChI=1S/C29H43N3O3S/c1-3-4-22-36(33,34)30-27-13-10-24(11-14-27)16-17-31-18-20-32(21-19-31)28-15-12-26(23-29(28)35-2)25-8-6-5-7-9-25/h5-9,12,15,23-24,27,30H,3-4,10-11,13-14,16-22H2,1-2H3. The molecule has 4 rings (SSSR count). The molecule has 1 saturated carbocycles. The van der Waals surface area contributed by atoms with Crippen LogP contribution in [0.5, 0.6) is 5.75 Å². The number of ether oxygens (including phenoxy) is 1. The van der Waals surface area contributed by atoms with Crippen LogP contribution in [0.25, 0.3) is 11.1 Å². The van der Waals surface area contributed by atoms with Crippen LogP contribution in [0.3, 0.4) is 0 Å². The summed E-state index contributed by atoms with van der Waals surface area (Å²) in [6.45, 7) is 7.31. The van der Waals surface area contributed by atoms with Gasteiger partial charge in [-0.05, 0) is 74.2 Å². The van der Waals surface area contributed by atoms with E-state index in [1.54, 1.807) is 7.11 Å². The fourth-order valence-electron chi connectivity index (χ4n) is 5.54. The molecule has 1 saturated heterocycles. The van der Waals surface area contributed by atoms with Gasteiger partial charge in [0.05, 0.1) is 18.6 Å². The lowest BCUT2D eigenvalue weighted by molar-refractivity contribution is 0.214. The number of unbranched alkanes of at least 4 members (excludes halogenated alkanes) is 1. The largest absolute Gasteiger partial charge is 0.495 e. The van der Waals surface area contributed by atoms with E-state index in [2.05, 4.69) is 57.0 Å². The number of benzene rings is 2. The van der Waals surface area contributed by atoms with Crippen LogP contribution in [-0.2, 0) is 10.0 Å². The molecule has 36 heavy (non-hydrogen) atoms. The Hall–Kier alpha value is -2.09. The van der Waals surface area contributed by atoms with Gasteiger partial charge in [-0.25, -0.2) is 13.1 Å². The summed E-state index contributed by atoms with van der Waals surface area (Å²) in [6.07, 6.45) is 7.08. The maximum Gasteiger partial charge on any atom is 0.211 e. The first kappa shape index (κ1) is 27.0. The maximum absolute atomic E-state index is 12.2. The summed E-state index contributed by atoms with van der Waals surface area (Å²) in [7, 11) is -1.35. The van der Waals surface area contributed by atoms with E-state index >= 15 is 0 Å². The second kappa shape index (κ2) is 12.9. The van der Waals surface area contributed by atoms with Crippen molar-refractivity contribution < 1.29 is 13.2 Å². The SMILES string of the molecule is CCCCS(=O)(=O)NC1CCC(CCN2CCN(c3ccc(-c4ccccc4)cc3OC)CC2)CC1. The highest BCUT2D eigenvalue weighted by Gasteiger charge is 2.26. The summed E-state index contributed by atoms with van der Waals surface area (Å²) >= 11 is 0. The third-order valence-corrected chi connectivity index (χ3v) is 9.33. The molecular formula is C29H43N3O3S. The zero-order valence-electron chi connectivity index (χ0n) is 22.0. The van der Waals surface area contributed by atoms with Crippen molar-refractivity contribution in [2.75, 3.05) is 50.5 Å². The molecule has 2 aliphatic rings. The molecule has 7 heteroatoms. The minimum absolute atomic E-state index is 0.134. The lowest BCUT2D eigenvalue weighted by atomic mass is 9.84. The van der Waals surface area contributed by atoms with Crippen LogP contribution in [0, 0.1) is 5.92 Å². The number of rotatable bonds is 11. The minimum atomic E-state index is -3.11. The first-order valence-electron chi connectivity index (χ1n) is 13.7. The van der Waals surface area contributed by atoms with Gasteiger partial charge in [-0.1, -0.05) is 49.7 Å². The van der Waals surface area contributed by atoms with Gasteiger partial charge < -0.3 is 9.64 Å². The monoisotopic (exact) mass is 513 g/mol. The molecule has 0 spiro atoms. The van der Waals surface area contributed by atoms with E-state index in [0.29, 0.717) is 5.92 Å². The van der Waals surface area contributed by atoms with E-state index in [9.17, 15) is 8.42 Å². The van der Waals surface area contributed by atoms with Crippen molar-refractivity contribution in [1.82, 2.24) is 9.62 Å². The summed E-state index contributed by atoms with van der Waals surface area (Å²) in [5, 5.41) is 0. The van der Waals surface area contributed by atoms with Crippen LogP contribution >= 0.6 is 0 Å². The Bertz CT molecular complexity index is 1040. The van der Waals surface area contributed by atoms with Gasteiger partial charge in [-0.2, -0.15) is 0 Å². The van der Waals surface area contributed by atoms with E-state index in [1.165, 1.54) is 23.2 Å². The molecule has 1 aliphatic heterocycles. The third-order valence-electron chi connectivity index (χ3n) is 7.81. The van der Waals surface area contributed by atoms with Crippen LogP contribution in [0.2, 0.25) is 0 Å². The number of piperazine rings is 1. The summed E-state index contributed by atoms with van der Waals surface area (Å²) < 4.78 is 33.1. The van der Waals surface area contributed by atoms with Crippen molar-refractivity contribution >= 4 is 15.7 Å². The molecule has 0 radical (unpaired) electrons. The molecule has 0 aromatic heterocycles. The van der Waals surface area contributed by atoms with Crippen molar-refractivity contribution in [3.8, 4) is 16.9 Å². The molecule has 1 aliphatic carbocycles. The van der Waals surface area contributed by atoms with Crippen molar-refractivity contribution in [1.29, 1.82) is 0 Å². The fraction of sp³-hybridized carbons (Fsp3) is 0.586. The van der Waals surface area contributed by atoms with Crippen molar-refractivity contribution in [3.63, 3.8) is 0 Å². The molecule has 1 N–H and O–H groups in total. The molecule has 198 valence electrons. The zero-order valence-corrected chi connectivity index (χ0v) is 22.8. The summed E-state index contributed by atoms with van der Waals surface area (Å²) in [5.74, 6) is 1.91. The van der Waals surface area contributed by atoms with Crippen LogP contribution in [0.15, 0.2) is 48.5 Å². The number of methoxy groups -OCH3 is 1. The lowest BCUT2D eigenvalue weighted by Gasteiger charge is -2.37. The number of sulfonamides is 1.